The molecule has 1 aromatic heterocycles. The van der Waals surface area contributed by atoms with E-state index in [0.29, 0.717) is 30.4 Å². The van der Waals surface area contributed by atoms with Crippen molar-refractivity contribution >= 4 is 43.2 Å². The van der Waals surface area contributed by atoms with E-state index in [0.717, 1.165) is 42.2 Å². The summed E-state index contributed by atoms with van der Waals surface area (Å²) in [5.41, 5.74) is 1.56. The van der Waals surface area contributed by atoms with Crippen molar-refractivity contribution in [3.8, 4) is 0 Å². The van der Waals surface area contributed by atoms with Crippen molar-refractivity contribution < 1.29 is 18.8 Å². The van der Waals surface area contributed by atoms with Gasteiger partial charge in [-0.3, -0.25) is 4.79 Å². The van der Waals surface area contributed by atoms with Crippen molar-refractivity contribution in [2.75, 3.05) is 12.4 Å². The number of carbonyl (C=O) groups is 2. The zero-order valence-electron chi connectivity index (χ0n) is 23.2. The molecule has 8 heteroatoms. The van der Waals surface area contributed by atoms with Crippen molar-refractivity contribution in [1.82, 2.24) is 4.98 Å². The standard InChI is InChI=1S/C28H45NO4S2Si/c1-9-32-26(31)24-19-35-27(29-24)34-18-17-23-21(14-16-25(23)30)11-10-12-22(15-13-20(2)3)33-36(7,8)28(4,5)6/h10-11,19,21-23H,2,9,12-18H2,1,3-8H3. The predicted molar refractivity (Wildman–Crippen MR) is 155 cm³/mol. The Morgan fingerprint density at radius 2 is 2.11 bits per heavy atom. The number of thioether (sulfide) groups is 1. The van der Waals surface area contributed by atoms with Gasteiger partial charge in [-0.15, -0.1) is 17.9 Å². The number of ether oxygens (including phenoxy) is 1. The number of hydrogen-bond acceptors (Lipinski definition) is 7. The molecule has 1 aliphatic rings. The van der Waals surface area contributed by atoms with Crippen LogP contribution in [0.25, 0.3) is 0 Å². The molecule has 0 spiro atoms. The van der Waals surface area contributed by atoms with Gasteiger partial charge in [-0.05, 0) is 70.0 Å². The molecule has 0 N–H and O–H groups in total. The lowest BCUT2D eigenvalue weighted by Gasteiger charge is -2.39. The third-order valence-electron chi connectivity index (χ3n) is 7.22. The summed E-state index contributed by atoms with van der Waals surface area (Å²) in [5.74, 6) is 1.16. The number of nitrogens with zero attached hydrogens (tertiary/aromatic N) is 1. The Labute approximate surface area is 227 Å². The minimum absolute atomic E-state index is 0.0634. The van der Waals surface area contributed by atoms with Crippen LogP contribution in [0.5, 0.6) is 0 Å². The number of ketones is 1. The van der Waals surface area contributed by atoms with E-state index in [1.165, 1.54) is 16.9 Å². The Hall–Kier alpha value is -1.22. The third kappa shape index (κ3) is 9.58. The van der Waals surface area contributed by atoms with E-state index in [-0.39, 0.29) is 23.0 Å². The average Bonchev–Trinajstić information content (AvgIpc) is 3.38. The number of esters is 1. The number of hydrogen-bond donors (Lipinski definition) is 0. The van der Waals surface area contributed by atoms with Crippen LogP contribution in [0.3, 0.4) is 0 Å². The highest BCUT2D eigenvalue weighted by atomic mass is 32.2. The van der Waals surface area contributed by atoms with E-state index in [1.54, 1.807) is 24.1 Å². The maximum absolute atomic E-state index is 12.6. The first-order valence-corrected chi connectivity index (χ1v) is 17.9. The molecule has 1 aliphatic carbocycles. The first-order chi connectivity index (χ1) is 16.8. The highest BCUT2D eigenvalue weighted by Crippen LogP contribution is 2.39. The number of Topliss-reactive ketones (excluding diaryl/α,β-unsaturated/α-hetero) is 1. The minimum atomic E-state index is -1.86. The molecular formula is C28H45NO4S2Si. The Morgan fingerprint density at radius 1 is 1.39 bits per heavy atom. The Morgan fingerprint density at radius 3 is 2.75 bits per heavy atom. The van der Waals surface area contributed by atoms with E-state index in [1.807, 2.05) is 0 Å². The summed E-state index contributed by atoms with van der Waals surface area (Å²) in [6.45, 7) is 19.7. The van der Waals surface area contributed by atoms with Crippen LogP contribution in [0, 0.1) is 11.8 Å². The molecule has 0 saturated heterocycles. The predicted octanol–water partition coefficient (Wildman–Crippen LogP) is 8.09. The second-order valence-corrected chi connectivity index (χ2v) is 18.2. The SMILES string of the molecule is C=C(C)CCC(CC=CC1CCC(=O)C1CCSc1nc(C(=O)OCC)cs1)O[Si](C)(C)C(C)(C)C. The molecule has 3 atom stereocenters. The Bertz CT molecular complexity index is 919. The van der Waals surface area contributed by atoms with Gasteiger partial charge in [-0.2, -0.15) is 0 Å². The lowest BCUT2D eigenvalue weighted by Crippen LogP contribution is -2.43. The van der Waals surface area contributed by atoms with Crippen LogP contribution in [0.1, 0.15) is 83.6 Å². The van der Waals surface area contributed by atoms with E-state index in [9.17, 15) is 9.59 Å². The number of allylic oxidation sites excluding steroid dienone is 2. The molecular weight excluding hydrogens is 507 g/mol. The molecule has 0 bridgehead atoms. The molecule has 36 heavy (non-hydrogen) atoms. The van der Waals surface area contributed by atoms with Gasteiger partial charge in [0, 0.05) is 29.6 Å². The highest BCUT2D eigenvalue weighted by molar-refractivity contribution is 8.01. The number of aromatic nitrogens is 1. The van der Waals surface area contributed by atoms with Crippen LogP contribution < -0.4 is 0 Å². The van der Waals surface area contributed by atoms with Gasteiger partial charge in [-0.1, -0.05) is 50.3 Å². The molecule has 1 fully saturated rings. The van der Waals surface area contributed by atoms with Crippen LogP contribution in [0.2, 0.25) is 18.1 Å². The van der Waals surface area contributed by atoms with Crippen molar-refractivity contribution in [2.24, 2.45) is 11.8 Å². The van der Waals surface area contributed by atoms with Crippen LogP contribution >= 0.6 is 23.1 Å². The summed E-state index contributed by atoms with van der Waals surface area (Å²) in [7, 11) is -1.86. The van der Waals surface area contributed by atoms with Crippen molar-refractivity contribution in [2.45, 2.75) is 102 Å². The quantitative estimate of drug-likeness (QED) is 0.101. The smallest absolute Gasteiger partial charge is 0.357 e. The van der Waals surface area contributed by atoms with Crippen molar-refractivity contribution in [1.29, 1.82) is 0 Å². The largest absolute Gasteiger partial charge is 0.461 e. The summed E-state index contributed by atoms with van der Waals surface area (Å²) in [6, 6.07) is 0. The van der Waals surface area contributed by atoms with Crippen LogP contribution in [0.15, 0.2) is 34.0 Å². The molecule has 2 rings (SSSR count). The molecule has 5 nitrogen and oxygen atoms in total. The van der Waals surface area contributed by atoms with Gasteiger partial charge in [0.1, 0.15) is 5.78 Å². The molecule has 1 saturated carbocycles. The lowest BCUT2D eigenvalue weighted by molar-refractivity contribution is -0.121. The van der Waals surface area contributed by atoms with Gasteiger partial charge < -0.3 is 9.16 Å². The Kier molecular flexibility index (Phi) is 12.1. The lowest BCUT2D eigenvalue weighted by atomic mass is 9.92. The third-order valence-corrected chi connectivity index (χ3v) is 13.8. The fraction of sp³-hybridized carbons (Fsp3) is 0.679. The van der Waals surface area contributed by atoms with E-state index in [4.69, 9.17) is 9.16 Å². The van der Waals surface area contributed by atoms with Crippen LogP contribution in [-0.2, 0) is 14.0 Å². The highest BCUT2D eigenvalue weighted by Gasteiger charge is 2.39. The number of rotatable bonds is 14. The van der Waals surface area contributed by atoms with Crippen LogP contribution in [0.4, 0.5) is 0 Å². The first-order valence-electron chi connectivity index (χ1n) is 13.1. The van der Waals surface area contributed by atoms with Crippen molar-refractivity contribution in [3.63, 3.8) is 0 Å². The molecule has 0 radical (unpaired) electrons. The van der Waals surface area contributed by atoms with Gasteiger partial charge in [0.05, 0.1) is 6.61 Å². The second kappa shape index (κ2) is 14.1. The zero-order valence-corrected chi connectivity index (χ0v) is 25.9. The van der Waals surface area contributed by atoms with E-state index < -0.39 is 8.32 Å². The molecule has 3 unspecified atom stereocenters. The van der Waals surface area contributed by atoms with E-state index in [2.05, 4.69) is 64.5 Å². The van der Waals surface area contributed by atoms with Gasteiger partial charge in [-0.25, -0.2) is 9.78 Å². The molecule has 1 heterocycles. The fourth-order valence-electron chi connectivity index (χ4n) is 4.07. The number of thiazole rings is 1. The fourth-order valence-corrected chi connectivity index (χ4v) is 7.36. The maximum atomic E-state index is 12.6. The minimum Gasteiger partial charge on any atom is -0.461 e. The summed E-state index contributed by atoms with van der Waals surface area (Å²) < 4.78 is 12.6. The van der Waals surface area contributed by atoms with Gasteiger partial charge >= 0.3 is 5.97 Å². The van der Waals surface area contributed by atoms with Crippen LogP contribution in [-0.4, -0.2) is 43.5 Å². The topological polar surface area (TPSA) is 65.5 Å². The Balaban J connectivity index is 1.93. The van der Waals surface area contributed by atoms with Gasteiger partial charge in [0.25, 0.3) is 0 Å². The summed E-state index contributed by atoms with van der Waals surface area (Å²) >= 11 is 3.07. The van der Waals surface area contributed by atoms with Crippen molar-refractivity contribution in [3.05, 3.63) is 35.4 Å². The number of carbonyl (C=O) groups excluding carboxylic acids is 2. The van der Waals surface area contributed by atoms with Gasteiger partial charge in [0.2, 0.25) is 0 Å². The van der Waals surface area contributed by atoms with E-state index >= 15 is 0 Å². The summed E-state index contributed by atoms with van der Waals surface area (Å²) in [5, 5.41) is 1.91. The average molecular weight is 552 g/mol. The maximum Gasteiger partial charge on any atom is 0.357 e. The molecule has 0 amide bonds. The summed E-state index contributed by atoms with van der Waals surface area (Å²) in [6.07, 6.45) is 9.96. The molecule has 202 valence electrons. The second-order valence-electron chi connectivity index (χ2n) is 11.3. The van der Waals surface area contributed by atoms with Gasteiger partial charge in [0.15, 0.2) is 18.4 Å². The summed E-state index contributed by atoms with van der Waals surface area (Å²) in [4.78, 5) is 28.8. The molecule has 0 aliphatic heterocycles. The molecule has 0 aromatic carbocycles. The zero-order chi connectivity index (χ0) is 26.9. The monoisotopic (exact) mass is 551 g/mol. The molecule has 1 aromatic rings. The normalized spacial score (nSPS) is 19.7. The first kappa shape index (κ1) is 31.0.